The third-order valence-corrected chi connectivity index (χ3v) is 4.36. The summed E-state index contributed by atoms with van der Waals surface area (Å²) in [6, 6.07) is 21.9. The Bertz CT molecular complexity index is 549. The summed E-state index contributed by atoms with van der Waals surface area (Å²) in [5.74, 6) is 3.37. The molecule has 0 saturated carbocycles. The van der Waals surface area contributed by atoms with Gasteiger partial charge in [0.25, 0.3) is 0 Å². The van der Waals surface area contributed by atoms with E-state index in [1.165, 1.54) is 11.1 Å². The van der Waals surface area contributed by atoms with E-state index in [0.717, 1.165) is 25.9 Å². The smallest absolute Gasteiger partial charge is 0.0601 e. The molecule has 0 radical (unpaired) electrons. The van der Waals surface area contributed by atoms with Crippen LogP contribution in [0, 0.1) is 18.3 Å². The number of rotatable bonds is 3. The number of likely N-dealkylation sites (tertiary alicyclic amines) is 1. The van der Waals surface area contributed by atoms with Gasteiger partial charge in [-0.2, -0.15) is 0 Å². The van der Waals surface area contributed by atoms with E-state index in [1.54, 1.807) is 0 Å². The average molecular weight is 275 g/mol. The number of benzene rings is 2. The van der Waals surface area contributed by atoms with Gasteiger partial charge in [0.1, 0.15) is 0 Å². The second-order valence-corrected chi connectivity index (χ2v) is 5.70. The van der Waals surface area contributed by atoms with Gasteiger partial charge in [0.05, 0.1) is 6.04 Å². The molecule has 0 aliphatic carbocycles. The Morgan fingerprint density at radius 3 is 1.76 bits per heavy atom. The van der Waals surface area contributed by atoms with E-state index in [1.807, 2.05) is 0 Å². The Kier molecular flexibility index (Phi) is 4.38. The second kappa shape index (κ2) is 6.61. The van der Waals surface area contributed by atoms with Crippen molar-refractivity contribution in [2.45, 2.75) is 18.9 Å². The topological polar surface area (TPSA) is 3.24 Å². The maximum absolute atomic E-state index is 5.58. The largest absolute Gasteiger partial charge is 0.292 e. The number of nitrogens with zero attached hydrogens (tertiary/aromatic N) is 1. The van der Waals surface area contributed by atoms with E-state index in [4.69, 9.17) is 6.42 Å². The normalized spacial score (nSPS) is 16.8. The zero-order valence-electron chi connectivity index (χ0n) is 12.3. The summed E-state index contributed by atoms with van der Waals surface area (Å²) in [5.41, 5.74) is 2.73. The van der Waals surface area contributed by atoms with Crippen molar-refractivity contribution >= 4 is 0 Å². The number of terminal acetylenes is 1. The zero-order valence-corrected chi connectivity index (χ0v) is 12.3. The van der Waals surface area contributed by atoms with Gasteiger partial charge in [-0.15, -0.1) is 12.3 Å². The SMILES string of the molecule is C#CC1CCN(C(c2ccccc2)c2ccccc2)CC1. The molecule has 0 aromatic heterocycles. The summed E-state index contributed by atoms with van der Waals surface area (Å²) in [5, 5.41) is 0. The van der Waals surface area contributed by atoms with E-state index in [9.17, 15) is 0 Å². The van der Waals surface area contributed by atoms with Crippen molar-refractivity contribution in [3.63, 3.8) is 0 Å². The molecule has 1 heteroatoms. The minimum Gasteiger partial charge on any atom is -0.292 e. The van der Waals surface area contributed by atoms with Crippen molar-refractivity contribution < 1.29 is 0 Å². The highest BCUT2D eigenvalue weighted by molar-refractivity contribution is 5.32. The predicted octanol–water partition coefficient (Wildman–Crippen LogP) is 4.12. The number of piperidine rings is 1. The van der Waals surface area contributed by atoms with Crippen LogP contribution in [0.4, 0.5) is 0 Å². The number of hydrogen-bond donors (Lipinski definition) is 0. The molecule has 1 aliphatic rings. The minimum absolute atomic E-state index is 0.339. The van der Waals surface area contributed by atoms with Gasteiger partial charge in [0.2, 0.25) is 0 Å². The molecule has 1 saturated heterocycles. The summed E-state index contributed by atoms with van der Waals surface area (Å²) in [4.78, 5) is 2.57. The molecule has 1 fully saturated rings. The predicted molar refractivity (Wildman–Crippen MR) is 87.9 cm³/mol. The second-order valence-electron chi connectivity index (χ2n) is 5.70. The Labute approximate surface area is 127 Å². The van der Waals surface area contributed by atoms with E-state index in [2.05, 4.69) is 71.5 Å². The van der Waals surface area contributed by atoms with Gasteiger partial charge >= 0.3 is 0 Å². The van der Waals surface area contributed by atoms with Crippen LogP contribution in [0.2, 0.25) is 0 Å². The van der Waals surface area contributed by atoms with Crippen LogP contribution < -0.4 is 0 Å². The van der Waals surface area contributed by atoms with Crippen molar-refractivity contribution in [1.82, 2.24) is 4.90 Å². The van der Waals surface area contributed by atoms with Crippen LogP contribution in [-0.4, -0.2) is 18.0 Å². The van der Waals surface area contributed by atoms with Crippen molar-refractivity contribution in [3.05, 3.63) is 71.8 Å². The summed E-state index contributed by atoms with van der Waals surface area (Å²) in [6.45, 7) is 2.15. The molecular weight excluding hydrogens is 254 g/mol. The Morgan fingerprint density at radius 2 is 1.33 bits per heavy atom. The fraction of sp³-hybridized carbons (Fsp3) is 0.300. The van der Waals surface area contributed by atoms with Gasteiger partial charge in [-0.1, -0.05) is 60.7 Å². The molecule has 0 amide bonds. The number of hydrogen-bond acceptors (Lipinski definition) is 1. The molecule has 2 aromatic rings. The maximum Gasteiger partial charge on any atom is 0.0601 e. The van der Waals surface area contributed by atoms with Gasteiger partial charge < -0.3 is 0 Å². The van der Waals surface area contributed by atoms with Gasteiger partial charge in [-0.05, 0) is 24.0 Å². The lowest BCUT2D eigenvalue weighted by Gasteiger charge is -2.37. The first kappa shape index (κ1) is 13.9. The lowest BCUT2D eigenvalue weighted by atomic mass is 9.92. The molecule has 0 N–H and O–H groups in total. The fourth-order valence-corrected chi connectivity index (χ4v) is 3.21. The van der Waals surface area contributed by atoms with E-state index >= 15 is 0 Å². The van der Waals surface area contributed by atoms with Gasteiger partial charge in [0, 0.05) is 19.0 Å². The molecule has 0 unspecified atom stereocenters. The van der Waals surface area contributed by atoms with Crippen LogP contribution in [0.1, 0.15) is 30.0 Å². The quantitative estimate of drug-likeness (QED) is 0.762. The molecule has 3 rings (SSSR count). The van der Waals surface area contributed by atoms with Gasteiger partial charge in [-0.3, -0.25) is 4.90 Å². The van der Waals surface area contributed by atoms with Crippen molar-refractivity contribution in [2.24, 2.45) is 5.92 Å². The van der Waals surface area contributed by atoms with Crippen LogP contribution in [0.25, 0.3) is 0 Å². The highest BCUT2D eigenvalue weighted by atomic mass is 15.2. The lowest BCUT2D eigenvalue weighted by molar-refractivity contribution is 0.169. The first-order valence-corrected chi connectivity index (χ1v) is 7.68. The molecule has 2 aromatic carbocycles. The Hall–Kier alpha value is -2.04. The lowest BCUT2D eigenvalue weighted by Crippen LogP contribution is -2.37. The monoisotopic (exact) mass is 275 g/mol. The van der Waals surface area contributed by atoms with E-state index in [0.29, 0.717) is 12.0 Å². The summed E-state index contributed by atoms with van der Waals surface area (Å²) < 4.78 is 0. The van der Waals surface area contributed by atoms with Crippen molar-refractivity contribution in [2.75, 3.05) is 13.1 Å². The molecule has 0 bridgehead atoms. The maximum atomic E-state index is 5.58. The minimum atomic E-state index is 0.339. The Balaban J connectivity index is 1.89. The molecule has 21 heavy (non-hydrogen) atoms. The van der Waals surface area contributed by atoms with Crippen molar-refractivity contribution in [1.29, 1.82) is 0 Å². The molecule has 106 valence electrons. The van der Waals surface area contributed by atoms with Crippen LogP contribution >= 0.6 is 0 Å². The van der Waals surface area contributed by atoms with Crippen LogP contribution in [0.3, 0.4) is 0 Å². The third-order valence-electron chi connectivity index (χ3n) is 4.36. The van der Waals surface area contributed by atoms with Crippen LogP contribution in [-0.2, 0) is 0 Å². The van der Waals surface area contributed by atoms with E-state index < -0.39 is 0 Å². The van der Waals surface area contributed by atoms with E-state index in [-0.39, 0.29) is 0 Å². The summed E-state index contributed by atoms with van der Waals surface area (Å²) >= 11 is 0. The summed E-state index contributed by atoms with van der Waals surface area (Å²) in [7, 11) is 0. The third kappa shape index (κ3) is 3.17. The first-order valence-electron chi connectivity index (χ1n) is 7.68. The molecule has 1 heterocycles. The van der Waals surface area contributed by atoms with Gasteiger partial charge in [-0.25, -0.2) is 0 Å². The Morgan fingerprint density at radius 1 is 0.857 bits per heavy atom. The van der Waals surface area contributed by atoms with Crippen LogP contribution in [0.15, 0.2) is 60.7 Å². The highest BCUT2D eigenvalue weighted by Crippen LogP contribution is 2.31. The van der Waals surface area contributed by atoms with Gasteiger partial charge in [0.15, 0.2) is 0 Å². The molecule has 0 atom stereocenters. The average Bonchev–Trinajstić information content (AvgIpc) is 2.58. The van der Waals surface area contributed by atoms with Crippen LogP contribution in [0.5, 0.6) is 0 Å². The molecule has 0 spiro atoms. The van der Waals surface area contributed by atoms with Crippen molar-refractivity contribution in [3.8, 4) is 12.3 Å². The standard InChI is InChI=1S/C20H21N/c1-2-17-13-15-21(16-14-17)20(18-9-5-3-6-10-18)19-11-7-4-8-12-19/h1,3-12,17,20H,13-16H2. The molecule has 1 nitrogen and oxygen atoms in total. The fourth-order valence-electron chi connectivity index (χ4n) is 3.21. The summed E-state index contributed by atoms with van der Waals surface area (Å²) in [6.07, 6.45) is 7.79. The first-order chi connectivity index (χ1) is 10.4. The molecule has 1 aliphatic heterocycles. The highest BCUT2D eigenvalue weighted by Gasteiger charge is 2.26. The molecular formula is C20H21N. The zero-order chi connectivity index (χ0) is 14.5.